The average Bonchev–Trinajstić information content (AvgIpc) is 2.44. The predicted octanol–water partition coefficient (Wildman–Crippen LogP) is 1.02. The molecule has 1 unspecified atom stereocenters. The van der Waals surface area contributed by atoms with Gasteiger partial charge >= 0.3 is 5.97 Å². The van der Waals surface area contributed by atoms with Crippen LogP contribution in [0.1, 0.15) is 24.5 Å². The van der Waals surface area contributed by atoms with Crippen LogP contribution < -0.4 is 5.32 Å². The smallest absolute Gasteiger partial charge is 0.325 e. The van der Waals surface area contributed by atoms with Gasteiger partial charge in [0.25, 0.3) is 0 Å². The molecule has 108 valence electrons. The van der Waals surface area contributed by atoms with Gasteiger partial charge in [-0.2, -0.15) is 0 Å². The quantitative estimate of drug-likeness (QED) is 0.842. The minimum absolute atomic E-state index is 0.209. The summed E-state index contributed by atoms with van der Waals surface area (Å²) in [7, 11) is 0. The molecule has 1 heterocycles. The van der Waals surface area contributed by atoms with Crippen LogP contribution in [0.5, 0.6) is 0 Å². The van der Waals surface area contributed by atoms with Gasteiger partial charge in [-0.05, 0) is 24.5 Å². The van der Waals surface area contributed by atoms with E-state index < -0.39 is 12.0 Å². The lowest BCUT2D eigenvalue weighted by molar-refractivity contribution is -0.141. The van der Waals surface area contributed by atoms with Gasteiger partial charge in [-0.25, -0.2) is 0 Å². The summed E-state index contributed by atoms with van der Waals surface area (Å²) >= 11 is 0. The summed E-state index contributed by atoms with van der Waals surface area (Å²) in [6.45, 7) is 3.93. The highest BCUT2D eigenvalue weighted by atomic mass is 16.4. The van der Waals surface area contributed by atoms with Crippen molar-refractivity contribution in [3.05, 3.63) is 35.4 Å². The first-order chi connectivity index (χ1) is 9.56. The van der Waals surface area contributed by atoms with Gasteiger partial charge in [0.1, 0.15) is 6.04 Å². The standard InChI is InChI=1S/C15H20N2O3/c1-11(15(19)20)16-14(18)7-9-17-8-6-12-4-2-3-5-13(12)10-17/h2-5,11H,6-10H2,1H3,(H,16,18)(H,19,20). The molecule has 1 aromatic carbocycles. The molecule has 1 aliphatic heterocycles. The van der Waals surface area contributed by atoms with Gasteiger partial charge in [0.2, 0.25) is 5.91 Å². The number of fused-ring (bicyclic) bond motifs is 1. The van der Waals surface area contributed by atoms with E-state index in [4.69, 9.17) is 5.11 Å². The van der Waals surface area contributed by atoms with Crippen molar-refractivity contribution in [3.8, 4) is 0 Å². The molecule has 0 saturated carbocycles. The Kier molecular flexibility index (Phi) is 4.74. The zero-order valence-electron chi connectivity index (χ0n) is 11.6. The lowest BCUT2D eigenvalue weighted by Crippen LogP contribution is -2.40. The number of carboxylic acid groups (broad SMARTS) is 1. The van der Waals surface area contributed by atoms with E-state index in [9.17, 15) is 9.59 Å². The third kappa shape index (κ3) is 3.81. The maximum atomic E-state index is 11.6. The molecule has 0 fully saturated rings. The van der Waals surface area contributed by atoms with Crippen molar-refractivity contribution in [3.63, 3.8) is 0 Å². The summed E-state index contributed by atoms with van der Waals surface area (Å²) in [6, 6.07) is 7.52. The van der Waals surface area contributed by atoms with E-state index in [0.717, 1.165) is 19.5 Å². The summed E-state index contributed by atoms with van der Waals surface area (Å²) < 4.78 is 0. The Hall–Kier alpha value is -1.88. The van der Waals surface area contributed by atoms with Crippen molar-refractivity contribution in [1.29, 1.82) is 0 Å². The molecule has 0 spiro atoms. The second-order valence-corrected chi connectivity index (χ2v) is 5.17. The highest BCUT2D eigenvalue weighted by Gasteiger charge is 2.18. The zero-order chi connectivity index (χ0) is 14.5. The van der Waals surface area contributed by atoms with E-state index in [2.05, 4.69) is 28.4 Å². The normalized spacial score (nSPS) is 16.2. The van der Waals surface area contributed by atoms with Crippen LogP contribution in [-0.2, 0) is 22.6 Å². The molecule has 0 bridgehead atoms. The van der Waals surface area contributed by atoms with Crippen molar-refractivity contribution < 1.29 is 14.7 Å². The van der Waals surface area contributed by atoms with E-state index in [-0.39, 0.29) is 5.91 Å². The first-order valence-corrected chi connectivity index (χ1v) is 6.87. The van der Waals surface area contributed by atoms with E-state index in [1.54, 1.807) is 0 Å². The van der Waals surface area contributed by atoms with Crippen LogP contribution in [0, 0.1) is 0 Å². The summed E-state index contributed by atoms with van der Waals surface area (Å²) in [5, 5.41) is 11.2. The largest absolute Gasteiger partial charge is 0.480 e. The first-order valence-electron chi connectivity index (χ1n) is 6.87. The molecule has 2 N–H and O–H groups in total. The second kappa shape index (κ2) is 6.52. The van der Waals surface area contributed by atoms with Crippen molar-refractivity contribution >= 4 is 11.9 Å². The van der Waals surface area contributed by atoms with Crippen molar-refractivity contribution in [2.24, 2.45) is 0 Å². The third-order valence-electron chi connectivity index (χ3n) is 3.61. The second-order valence-electron chi connectivity index (χ2n) is 5.17. The van der Waals surface area contributed by atoms with Crippen LogP contribution in [0.15, 0.2) is 24.3 Å². The van der Waals surface area contributed by atoms with Crippen LogP contribution >= 0.6 is 0 Å². The lowest BCUT2D eigenvalue weighted by atomic mass is 10.00. The van der Waals surface area contributed by atoms with Gasteiger partial charge in [0, 0.05) is 26.1 Å². The van der Waals surface area contributed by atoms with Crippen molar-refractivity contribution in [2.45, 2.75) is 32.4 Å². The summed E-state index contributed by atoms with van der Waals surface area (Å²) in [5.74, 6) is -1.22. The lowest BCUT2D eigenvalue weighted by Gasteiger charge is -2.28. The summed E-state index contributed by atoms with van der Waals surface area (Å²) in [6.07, 6.45) is 1.34. The minimum atomic E-state index is -1.01. The molecule has 0 aromatic heterocycles. The predicted molar refractivity (Wildman–Crippen MR) is 75.3 cm³/mol. The molecule has 0 radical (unpaired) electrons. The minimum Gasteiger partial charge on any atom is -0.480 e. The molecule has 1 amide bonds. The Morgan fingerprint density at radius 2 is 2.05 bits per heavy atom. The molecular formula is C15H20N2O3. The van der Waals surface area contributed by atoms with Gasteiger partial charge < -0.3 is 10.4 Å². The van der Waals surface area contributed by atoms with E-state index in [1.165, 1.54) is 18.1 Å². The van der Waals surface area contributed by atoms with Gasteiger partial charge in [-0.1, -0.05) is 24.3 Å². The SMILES string of the molecule is CC(NC(=O)CCN1CCc2ccccc2C1)C(=O)O. The number of carbonyl (C=O) groups excluding carboxylic acids is 1. The summed E-state index contributed by atoms with van der Waals surface area (Å²) in [4.78, 5) is 24.5. The molecule has 5 heteroatoms. The fourth-order valence-corrected chi connectivity index (χ4v) is 2.38. The molecule has 1 aliphatic rings. The van der Waals surface area contributed by atoms with Gasteiger partial charge in [0.05, 0.1) is 0 Å². The number of amides is 1. The molecule has 1 aromatic rings. The number of carboxylic acids is 1. The number of rotatable bonds is 5. The Labute approximate surface area is 118 Å². The van der Waals surface area contributed by atoms with Crippen LogP contribution in [0.2, 0.25) is 0 Å². The van der Waals surface area contributed by atoms with Gasteiger partial charge in [-0.15, -0.1) is 0 Å². The molecule has 0 saturated heterocycles. The van der Waals surface area contributed by atoms with Crippen molar-refractivity contribution in [1.82, 2.24) is 10.2 Å². The Morgan fingerprint density at radius 3 is 2.75 bits per heavy atom. The van der Waals surface area contributed by atoms with E-state index >= 15 is 0 Å². The number of carbonyl (C=O) groups is 2. The number of hydrogen-bond acceptors (Lipinski definition) is 3. The highest BCUT2D eigenvalue weighted by molar-refractivity contribution is 5.83. The number of nitrogens with zero attached hydrogens (tertiary/aromatic N) is 1. The first kappa shape index (κ1) is 14.5. The summed E-state index contributed by atoms with van der Waals surface area (Å²) in [5.41, 5.74) is 2.70. The van der Waals surface area contributed by atoms with E-state index in [1.807, 2.05) is 6.07 Å². The maximum Gasteiger partial charge on any atom is 0.325 e. The fourth-order valence-electron chi connectivity index (χ4n) is 2.38. The third-order valence-corrected chi connectivity index (χ3v) is 3.61. The van der Waals surface area contributed by atoms with Gasteiger partial charge in [0.15, 0.2) is 0 Å². The van der Waals surface area contributed by atoms with Gasteiger partial charge in [-0.3, -0.25) is 14.5 Å². The Morgan fingerprint density at radius 1 is 1.35 bits per heavy atom. The molecular weight excluding hydrogens is 256 g/mol. The number of nitrogens with one attached hydrogen (secondary N) is 1. The van der Waals surface area contributed by atoms with E-state index in [0.29, 0.717) is 13.0 Å². The van der Waals surface area contributed by atoms with Crippen LogP contribution in [-0.4, -0.2) is 41.0 Å². The number of hydrogen-bond donors (Lipinski definition) is 2. The molecule has 1 atom stereocenters. The fraction of sp³-hybridized carbons (Fsp3) is 0.467. The molecule has 5 nitrogen and oxygen atoms in total. The monoisotopic (exact) mass is 276 g/mol. The average molecular weight is 276 g/mol. The Balaban J connectivity index is 1.79. The van der Waals surface area contributed by atoms with Crippen LogP contribution in [0.25, 0.3) is 0 Å². The maximum absolute atomic E-state index is 11.6. The van der Waals surface area contributed by atoms with Crippen molar-refractivity contribution in [2.75, 3.05) is 13.1 Å². The number of aliphatic carboxylic acids is 1. The highest BCUT2D eigenvalue weighted by Crippen LogP contribution is 2.18. The van der Waals surface area contributed by atoms with Crippen LogP contribution in [0.4, 0.5) is 0 Å². The molecule has 2 rings (SSSR count). The Bertz CT molecular complexity index is 502. The van der Waals surface area contributed by atoms with Crippen LogP contribution in [0.3, 0.4) is 0 Å². The number of benzene rings is 1. The zero-order valence-corrected chi connectivity index (χ0v) is 11.6. The molecule has 0 aliphatic carbocycles. The molecule has 20 heavy (non-hydrogen) atoms. The topological polar surface area (TPSA) is 69.6 Å².